The van der Waals surface area contributed by atoms with Crippen LogP contribution in [0, 0.1) is 38.9 Å². The topological polar surface area (TPSA) is 206 Å². The van der Waals surface area contributed by atoms with Crippen LogP contribution in [0.4, 0.5) is 5.69 Å². The van der Waals surface area contributed by atoms with Gasteiger partial charge in [0.25, 0.3) is 5.91 Å². The number of amides is 4. The van der Waals surface area contributed by atoms with Crippen LogP contribution in [0.3, 0.4) is 0 Å². The van der Waals surface area contributed by atoms with Crippen molar-refractivity contribution in [3.8, 4) is 17.9 Å². The summed E-state index contributed by atoms with van der Waals surface area (Å²) < 4.78 is 12.0. The highest BCUT2D eigenvalue weighted by Crippen LogP contribution is 2.55. The fourth-order valence-electron chi connectivity index (χ4n) is 8.78. The number of β-amino-alcohol motifs (C(OH)–C–C–N with tert-alkyl or cyclic N) is 1. The summed E-state index contributed by atoms with van der Waals surface area (Å²) in [6, 6.07) is 21.3. The van der Waals surface area contributed by atoms with Gasteiger partial charge in [0.2, 0.25) is 17.7 Å². The van der Waals surface area contributed by atoms with Crippen molar-refractivity contribution < 1.29 is 33.8 Å². The molecule has 3 aromatic rings. The molecular weight excluding hydrogens is 822 g/mol. The lowest BCUT2D eigenvalue weighted by atomic mass is 9.49. The maximum atomic E-state index is 13.8. The molecule has 2 aliphatic rings. The highest BCUT2D eigenvalue weighted by molar-refractivity contribution is 6.31. The number of carbonyl (C=O) groups excluding carboxylic acids is 4. The van der Waals surface area contributed by atoms with E-state index in [4.69, 9.17) is 26.3 Å². The Morgan fingerprint density at radius 3 is 2.24 bits per heavy atom. The first-order chi connectivity index (χ1) is 29.8. The molecule has 3 aromatic carbocycles. The molecule has 1 aliphatic carbocycles. The van der Waals surface area contributed by atoms with Gasteiger partial charge in [0.05, 0.1) is 28.3 Å². The Balaban J connectivity index is 0.991. The van der Waals surface area contributed by atoms with Crippen LogP contribution in [0.2, 0.25) is 5.02 Å². The quantitative estimate of drug-likeness (QED) is 0.0928. The molecule has 63 heavy (non-hydrogen) atoms. The van der Waals surface area contributed by atoms with Crippen molar-refractivity contribution in [3.63, 3.8) is 0 Å². The van der Waals surface area contributed by atoms with Crippen molar-refractivity contribution >= 4 is 40.9 Å². The van der Waals surface area contributed by atoms with Crippen LogP contribution < -0.4 is 26.0 Å². The van der Waals surface area contributed by atoms with E-state index < -0.39 is 41.3 Å². The largest absolute Gasteiger partial charge is 0.489 e. The first kappa shape index (κ1) is 48.4. The van der Waals surface area contributed by atoms with Crippen LogP contribution in [0.25, 0.3) is 0 Å². The number of ether oxygens (including phenoxy) is 2. The molecule has 0 bridgehead atoms. The summed E-state index contributed by atoms with van der Waals surface area (Å²) in [5.74, 6) is -0.904. The predicted molar refractivity (Wildman–Crippen MR) is 240 cm³/mol. The first-order valence-electron chi connectivity index (χ1n) is 21.4. The zero-order valence-electron chi connectivity index (χ0n) is 37.2. The number of benzene rings is 3. The Kier molecular flexibility index (Phi) is 15.9. The van der Waals surface area contributed by atoms with Crippen molar-refractivity contribution in [2.75, 3.05) is 31.6 Å². The molecule has 1 heterocycles. The second kappa shape index (κ2) is 20.7. The Bertz CT molecular complexity index is 2180. The summed E-state index contributed by atoms with van der Waals surface area (Å²) in [6.07, 6.45) is 1.42. The van der Waals surface area contributed by atoms with E-state index >= 15 is 0 Å². The maximum Gasteiger partial charge on any atom is 0.251 e. The fraction of sp³-hybridized carbons (Fsp3) is 0.500. The number of aliphatic hydroxyl groups is 1. The lowest BCUT2D eigenvalue weighted by Crippen LogP contribution is -2.74. The number of unbranched alkanes of at least 4 members (excludes halogenated alkanes) is 2. The van der Waals surface area contributed by atoms with Gasteiger partial charge < -0.3 is 40.7 Å². The molecular formula is C48H60ClN7O7. The zero-order chi connectivity index (χ0) is 46.1. The number of halogens is 1. The molecule has 0 unspecified atom stereocenters. The minimum Gasteiger partial charge on any atom is -0.489 e. The van der Waals surface area contributed by atoms with Crippen LogP contribution >= 0.6 is 11.6 Å². The van der Waals surface area contributed by atoms with Crippen molar-refractivity contribution in [2.24, 2.45) is 16.2 Å². The summed E-state index contributed by atoms with van der Waals surface area (Å²) in [6.45, 7) is 14.7. The number of nitrogens with one attached hydrogen (secondary N) is 4. The Hall–Kier alpha value is -5.67. The van der Waals surface area contributed by atoms with Crippen molar-refractivity contribution in [1.82, 2.24) is 20.9 Å². The van der Waals surface area contributed by atoms with Crippen LogP contribution in [-0.4, -0.2) is 90.3 Å². The van der Waals surface area contributed by atoms with Crippen LogP contribution in [-0.2, 0) is 25.7 Å². The summed E-state index contributed by atoms with van der Waals surface area (Å²) in [5, 5.41) is 41.2. The summed E-state index contributed by atoms with van der Waals surface area (Å²) in [4.78, 5) is 54.7. The molecule has 15 heteroatoms. The van der Waals surface area contributed by atoms with E-state index in [-0.39, 0.29) is 55.0 Å². The summed E-state index contributed by atoms with van der Waals surface area (Å²) in [7, 11) is 0. The minimum atomic E-state index is -0.958. The second-order valence-corrected chi connectivity index (χ2v) is 19.1. The highest BCUT2D eigenvalue weighted by atomic mass is 35.5. The fourth-order valence-corrected chi connectivity index (χ4v) is 8.99. The number of hydrogen-bond acceptors (Lipinski definition) is 10. The van der Waals surface area contributed by atoms with Gasteiger partial charge in [0, 0.05) is 66.9 Å². The van der Waals surface area contributed by atoms with Crippen LogP contribution in [0.1, 0.15) is 101 Å². The third-order valence-corrected chi connectivity index (χ3v) is 12.3. The van der Waals surface area contributed by atoms with E-state index in [0.717, 1.165) is 30.5 Å². The molecule has 1 aliphatic heterocycles. The standard InChI is InChI=1S/C48H60ClN7O7/c1-46(2,3)40(43(61)56-28-35(57)23-38(56)42(60)53-27-31-13-11-30(25-50)12-14-31)54-39(58)29-62-22-10-8-9-21-52-34-18-15-32(16-19-34)41(59)55-44-47(4,5)45(48(44,6)7)63-36-20-17-33(26-51)37(49)24-36/h11-20,24,35,38,40,44-45,52,57H,8-10,21-23,27-29H2,1-7H3,(H,53,60)(H,54,58)(H,55,59)/t35-,38+,40-,44?,45?/m1/s1. The minimum absolute atomic E-state index is 0.0278. The lowest BCUT2D eigenvalue weighted by molar-refractivity contribution is -0.164. The Labute approximate surface area is 375 Å². The van der Waals surface area contributed by atoms with Crippen molar-refractivity contribution in [1.29, 1.82) is 10.5 Å². The SMILES string of the molecule is CC1(C)C(NC(=O)c2ccc(NCCCCCOCC(=O)N[C@H](C(=O)N3C[C@H](O)C[C@H]3C(=O)NCc3ccc(C#N)cc3)C(C)(C)C)cc2)C(C)(C)C1Oc1ccc(C#N)c(Cl)c1. The third kappa shape index (κ3) is 12.1. The Morgan fingerprint density at radius 1 is 0.937 bits per heavy atom. The molecule has 4 amide bonds. The summed E-state index contributed by atoms with van der Waals surface area (Å²) >= 11 is 6.23. The van der Waals surface area contributed by atoms with Gasteiger partial charge in [-0.25, -0.2) is 0 Å². The molecule has 5 rings (SSSR count). The smallest absolute Gasteiger partial charge is 0.251 e. The van der Waals surface area contributed by atoms with Crippen LogP contribution in [0.5, 0.6) is 5.75 Å². The predicted octanol–water partition coefficient (Wildman–Crippen LogP) is 6.10. The number of anilines is 1. The van der Waals surface area contributed by atoms with E-state index in [1.165, 1.54) is 4.90 Å². The molecule has 14 nitrogen and oxygen atoms in total. The van der Waals surface area contributed by atoms with Crippen molar-refractivity contribution in [3.05, 3.63) is 94.0 Å². The number of nitriles is 2. The average Bonchev–Trinajstić information content (AvgIpc) is 3.65. The number of nitrogens with zero attached hydrogens (tertiary/aromatic N) is 3. The normalized spacial score (nSPS) is 20.3. The number of hydrogen-bond donors (Lipinski definition) is 5. The molecule has 0 spiro atoms. The van der Waals surface area contributed by atoms with Gasteiger partial charge in [-0.05, 0) is 78.8 Å². The maximum absolute atomic E-state index is 13.8. The van der Waals surface area contributed by atoms with E-state index in [1.54, 1.807) is 54.6 Å². The third-order valence-electron chi connectivity index (χ3n) is 11.9. The van der Waals surface area contributed by atoms with Gasteiger partial charge >= 0.3 is 0 Å². The number of likely N-dealkylation sites (tertiary alicyclic amines) is 1. The molecule has 0 aromatic heterocycles. The Morgan fingerprint density at radius 2 is 1.62 bits per heavy atom. The van der Waals surface area contributed by atoms with Gasteiger partial charge in [0.1, 0.15) is 36.6 Å². The second-order valence-electron chi connectivity index (χ2n) is 18.7. The van der Waals surface area contributed by atoms with Crippen LogP contribution in [0.15, 0.2) is 66.7 Å². The van der Waals surface area contributed by atoms with Gasteiger partial charge in [-0.3, -0.25) is 19.2 Å². The number of aliphatic hydroxyl groups excluding tert-OH is 1. The molecule has 5 N–H and O–H groups in total. The van der Waals surface area contributed by atoms with Gasteiger partial charge in [-0.2, -0.15) is 10.5 Å². The van der Waals surface area contributed by atoms with Gasteiger partial charge in [-0.1, -0.05) is 72.2 Å². The molecule has 1 saturated carbocycles. The van der Waals surface area contributed by atoms with E-state index in [0.29, 0.717) is 40.6 Å². The van der Waals surface area contributed by atoms with Gasteiger partial charge in [0.15, 0.2) is 0 Å². The van der Waals surface area contributed by atoms with E-state index in [1.807, 2.05) is 32.9 Å². The molecule has 3 atom stereocenters. The number of carbonyl (C=O) groups is 4. The van der Waals surface area contributed by atoms with Crippen molar-refractivity contribution in [2.45, 2.75) is 111 Å². The number of rotatable bonds is 18. The lowest BCUT2D eigenvalue weighted by Gasteiger charge is -2.63. The first-order valence-corrected chi connectivity index (χ1v) is 21.8. The molecule has 0 radical (unpaired) electrons. The molecule has 336 valence electrons. The average molecular weight is 883 g/mol. The van der Waals surface area contributed by atoms with E-state index in [9.17, 15) is 29.5 Å². The summed E-state index contributed by atoms with van der Waals surface area (Å²) in [5.41, 5.74) is 1.66. The van der Waals surface area contributed by atoms with E-state index in [2.05, 4.69) is 61.1 Å². The zero-order valence-corrected chi connectivity index (χ0v) is 38.0. The highest BCUT2D eigenvalue weighted by Gasteiger charge is 2.64. The van der Waals surface area contributed by atoms with Gasteiger partial charge in [-0.15, -0.1) is 0 Å². The monoisotopic (exact) mass is 881 g/mol. The molecule has 2 fully saturated rings. The molecule has 1 saturated heterocycles.